The molecule has 1 aromatic carbocycles. The van der Waals surface area contributed by atoms with E-state index in [4.69, 9.17) is 0 Å². The van der Waals surface area contributed by atoms with Gasteiger partial charge in [-0.3, -0.25) is 9.59 Å². The lowest BCUT2D eigenvalue weighted by Gasteiger charge is -2.56. The molecule has 25 heavy (non-hydrogen) atoms. The summed E-state index contributed by atoms with van der Waals surface area (Å²) in [4.78, 5) is 24.1. The third kappa shape index (κ3) is 2.50. The molecule has 1 heterocycles. The van der Waals surface area contributed by atoms with Crippen molar-refractivity contribution in [2.45, 2.75) is 50.6 Å². The molecule has 4 saturated carbocycles. The second-order valence-electron chi connectivity index (χ2n) is 8.59. The number of hydrogen-bond acceptors (Lipinski definition) is 2. The highest BCUT2D eigenvalue weighted by Gasteiger charge is 2.51. The molecule has 0 spiro atoms. The molecule has 0 unspecified atom stereocenters. The molecule has 4 aliphatic rings. The van der Waals surface area contributed by atoms with Gasteiger partial charge in [-0.05, 0) is 62.3 Å². The van der Waals surface area contributed by atoms with Crippen molar-refractivity contribution in [1.29, 1.82) is 0 Å². The molecule has 0 saturated heterocycles. The smallest absolute Gasteiger partial charge is 0.240 e. The highest BCUT2D eigenvalue weighted by Crippen LogP contribution is 2.55. The Morgan fingerprint density at radius 1 is 1.12 bits per heavy atom. The number of fused-ring (bicyclic) bond motifs is 1. The van der Waals surface area contributed by atoms with Crippen LogP contribution in [0, 0.1) is 17.8 Å². The zero-order valence-corrected chi connectivity index (χ0v) is 14.4. The van der Waals surface area contributed by atoms with E-state index in [0.29, 0.717) is 5.56 Å². The number of nitrogens with zero attached hydrogens (tertiary/aromatic N) is 1. The number of carbonyl (C=O) groups excluding carboxylic acids is 2. The van der Waals surface area contributed by atoms with E-state index in [1.165, 1.54) is 19.3 Å². The summed E-state index contributed by atoms with van der Waals surface area (Å²) in [5, 5.41) is 4.33. The molecule has 4 nitrogen and oxygen atoms in total. The molecular formula is C21H24N2O2. The quantitative estimate of drug-likeness (QED) is 0.868. The molecule has 2 aromatic rings. The first-order chi connectivity index (χ1) is 12.1. The van der Waals surface area contributed by atoms with Gasteiger partial charge in [0.1, 0.15) is 6.54 Å². The Labute approximate surface area is 147 Å². The third-order valence-electron chi connectivity index (χ3n) is 6.70. The van der Waals surface area contributed by atoms with Crippen LogP contribution in [-0.4, -0.2) is 22.3 Å². The number of para-hydroxylation sites is 1. The van der Waals surface area contributed by atoms with Crippen LogP contribution >= 0.6 is 0 Å². The van der Waals surface area contributed by atoms with Gasteiger partial charge in [0.05, 0.1) is 0 Å². The number of aromatic nitrogens is 1. The van der Waals surface area contributed by atoms with Crippen molar-refractivity contribution >= 4 is 23.1 Å². The number of carbonyl (C=O) groups is 2. The van der Waals surface area contributed by atoms with E-state index < -0.39 is 0 Å². The van der Waals surface area contributed by atoms with Crippen LogP contribution in [0.25, 0.3) is 10.9 Å². The molecule has 4 bridgehead atoms. The summed E-state index contributed by atoms with van der Waals surface area (Å²) in [5.41, 5.74) is 1.64. The van der Waals surface area contributed by atoms with Gasteiger partial charge in [0.15, 0.2) is 6.29 Å². The van der Waals surface area contributed by atoms with E-state index >= 15 is 0 Å². The van der Waals surface area contributed by atoms with Gasteiger partial charge >= 0.3 is 0 Å². The summed E-state index contributed by atoms with van der Waals surface area (Å²) in [7, 11) is 0. The Hall–Kier alpha value is -2.10. The van der Waals surface area contributed by atoms with E-state index in [-0.39, 0.29) is 18.0 Å². The molecule has 6 rings (SSSR count). The fourth-order valence-electron chi connectivity index (χ4n) is 6.25. The number of hydrogen-bond donors (Lipinski definition) is 1. The molecule has 0 aliphatic heterocycles. The maximum absolute atomic E-state index is 12.8. The zero-order chi connectivity index (χ0) is 17.0. The first-order valence-electron chi connectivity index (χ1n) is 9.48. The first-order valence-corrected chi connectivity index (χ1v) is 9.48. The number of rotatable bonds is 4. The summed E-state index contributed by atoms with van der Waals surface area (Å²) in [5.74, 6) is 2.54. The van der Waals surface area contributed by atoms with Crippen LogP contribution in [0.15, 0.2) is 30.5 Å². The van der Waals surface area contributed by atoms with Gasteiger partial charge in [0.25, 0.3) is 0 Å². The first kappa shape index (κ1) is 15.2. The zero-order valence-electron chi connectivity index (χ0n) is 14.4. The van der Waals surface area contributed by atoms with Crippen molar-refractivity contribution in [2.75, 3.05) is 0 Å². The minimum Gasteiger partial charge on any atom is -0.349 e. The molecule has 0 atom stereocenters. The number of nitrogens with one attached hydrogen (secondary N) is 1. The summed E-state index contributed by atoms with van der Waals surface area (Å²) in [6, 6.07) is 7.78. The highest BCUT2D eigenvalue weighted by molar-refractivity contribution is 5.98. The van der Waals surface area contributed by atoms with Crippen molar-refractivity contribution < 1.29 is 9.59 Å². The van der Waals surface area contributed by atoms with Gasteiger partial charge in [-0.25, -0.2) is 0 Å². The lowest BCUT2D eigenvalue weighted by Crippen LogP contribution is -2.60. The lowest BCUT2D eigenvalue weighted by atomic mass is 9.53. The Morgan fingerprint density at radius 2 is 1.76 bits per heavy atom. The fourth-order valence-corrected chi connectivity index (χ4v) is 6.25. The topological polar surface area (TPSA) is 51.1 Å². The van der Waals surface area contributed by atoms with Gasteiger partial charge in [-0.15, -0.1) is 0 Å². The molecule has 1 amide bonds. The predicted molar refractivity (Wildman–Crippen MR) is 96.4 cm³/mol. The van der Waals surface area contributed by atoms with Crippen LogP contribution in [0.3, 0.4) is 0 Å². The lowest BCUT2D eigenvalue weighted by molar-refractivity contribution is -0.127. The largest absolute Gasteiger partial charge is 0.349 e. The van der Waals surface area contributed by atoms with Crippen molar-refractivity contribution in [3.05, 3.63) is 36.0 Å². The summed E-state index contributed by atoms with van der Waals surface area (Å²) in [6.45, 7) is 0.288. The number of amides is 1. The Morgan fingerprint density at radius 3 is 2.40 bits per heavy atom. The van der Waals surface area contributed by atoms with Crippen molar-refractivity contribution in [3.8, 4) is 0 Å². The van der Waals surface area contributed by atoms with E-state index in [2.05, 4.69) is 5.32 Å². The Balaban J connectivity index is 1.37. The fraction of sp³-hybridized carbons (Fsp3) is 0.524. The van der Waals surface area contributed by atoms with Crippen LogP contribution in [0.5, 0.6) is 0 Å². The van der Waals surface area contributed by atoms with Gasteiger partial charge in [-0.2, -0.15) is 0 Å². The maximum Gasteiger partial charge on any atom is 0.240 e. The van der Waals surface area contributed by atoms with E-state index in [1.54, 1.807) is 6.20 Å². The van der Waals surface area contributed by atoms with Crippen LogP contribution in [0.2, 0.25) is 0 Å². The number of benzene rings is 1. The minimum atomic E-state index is 0.0439. The molecular weight excluding hydrogens is 312 g/mol. The van der Waals surface area contributed by atoms with Crippen molar-refractivity contribution in [3.63, 3.8) is 0 Å². The van der Waals surface area contributed by atoms with Gasteiger partial charge in [0.2, 0.25) is 5.91 Å². The summed E-state index contributed by atoms with van der Waals surface area (Å²) in [6.07, 6.45) is 10.3. The predicted octanol–water partition coefficient (Wildman–Crippen LogP) is 3.54. The van der Waals surface area contributed by atoms with Crippen LogP contribution in [0.1, 0.15) is 48.9 Å². The third-order valence-corrected chi connectivity index (χ3v) is 6.70. The second-order valence-corrected chi connectivity index (χ2v) is 8.59. The van der Waals surface area contributed by atoms with Crippen molar-refractivity contribution in [1.82, 2.24) is 9.88 Å². The van der Waals surface area contributed by atoms with Crippen LogP contribution < -0.4 is 5.32 Å². The van der Waals surface area contributed by atoms with Gasteiger partial charge in [-0.1, -0.05) is 18.2 Å². The SMILES string of the molecule is O=Cc1cn(CC(=O)NC23CC4CC(CC(C4)C2)C3)c2ccccc12. The molecule has 1 aromatic heterocycles. The van der Waals surface area contributed by atoms with E-state index in [9.17, 15) is 9.59 Å². The highest BCUT2D eigenvalue weighted by atomic mass is 16.2. The standard InChI is InChI=1S/C21H24N2O2/c24-13-17-11-23(19-4-2-1-3-18(17)19)12-20(25)22-21-8-14-5-15(9-21)7-16(6-14)10-21/h1-4,11,13-16H,5-10,12H2,(H,22,25). The monoisotopic (exact) mass is 336 g/mol. The van der Waals surface area contributed by atoms with E-state index in [0.717, 1.165) is 54.2 Å². The second kappa shape index (κ2) is 5.45. The number of aldehydes is 1. The maximum atomic E-state index is 12.8. The van der Waals surface area contributed by atoms with Gasteiger partial charge in [0, 0.05) is 28.2 Å². The molecule has 4 aliphatic carbocycles. The molecule has 0 radical (unpaired) electrons. The van der Waals surface area contributed by atoms with Gasteiger partial charge < -0.3 is 9.88 Å². The molecule has 4 fully saturated rings. The Kier molecular flexibility index (Phi) is 3.31. The molecule has 1 N–H and O–H groups in total. The summed E-state index contributed by atoms with van der Waals surface area (Å²) >= 11 is 0. The van der Waals surface area contributed by atoms with E-state index in [1.807, 2.05) is 28.8 Å². The van der Waals surface area contributed by atoms with Crippen LogP contribution in [-0.2, 0) is 11.3 Å². The average molecular weight is 336 g/mol. The van der Waals surface area contributed by atoms with Crippen molar-refractivity contribution in [2.24, 2.45) is 17.8 Å². The molecule has 4 heteroatoms. The molecule has 130 valence electrons. The average Bonchev–Trinajstić information content (AvgIpc) is 2.91. The Bertz CT molecular complexity index is 815. The minimum absolute atomic E-state index is 0.0439. The van der Waals surface area contributed by atoms with Crippen LogP contribution in [0.4, 0.5) is 0 Å². The summed E-state index contributed by atoms with van der Waals surface area (Å²) < 4.78 is 1.91. The normalized spacial score (nSPS) is 32.9.